The Balaban J connectivity index is 1.71. The number of furan rings is 1. The molecule has 9 heteroatoms. The van der Waals surface area contributed by atoms with E-state index in [1.165, 1.54) is 12.1 Å². The number of aliphatic hydroxyl groups excluding tert-OH is 3. The first-order chi connectivity index (χ1) is 13.3. The zero-order valence-electron chi connectivity index (χ0n) is 14.5. The number of rotatable bonds is 7. The van der Waals surface area contributed by atoms with E-state index in [0.717, 1.165) is 6.07 Å². The number of hydrogen-bond acceptors (Lipinski definition) is 9. The van der Waals surface area contributed by atoms with Crippen molar-refractivity contribution in [3.63, 3.8) is 0 Å². The zero-order chi connectivity index (χ0) is 20.4. The summed E-state index contributed by atoms with van der Waals surface area (Å²) in [5, 5.41) is 27.3. The second-order valence-corrected chi connectivity index (χ2v) is 6.16. The quantitative estimate of drug-likeness (QED) is 0.286. The standard InChI is InChI=1S/C19H16O9/c20-7-13(22)14(23)8-27-16(24)6-12(21)15-5-11-17(25)9-3-1-2-4-10(9)18(26)19(11)28-15/h1-5,13-14,20,22-23H,6-8H2/t13-,14-/m0/s1. The van der Waals surface area contributed by atoms with Gasteiger partial charge in [0.2, 0.25) is 11.6 Å². The van der Waals surface area contributed by atoms with E-state index < -0.39 is 55.2 Å². The molecule has 0 bridgehead atoms. The molecule has 0 spiro atoms. The highest BCUT2D eigenvalue weighted by Crippen LogP contribution is 2.30. The van der Waals surface area contributed by atoms with Crippen molar-refractivity contribution in [1.29, 1.82) is 0 Å². The summed E-state index contributed by atoms with van der Waals surface area (Å²) in [7, 11) is 0. The minimum atomic E-state index is -1.51. The van der Waals surface area contributed by atoms with Gasteiger partial charge in [-0.05, 0) is 6.07 Å². The van der Waals surface area contributed by atoms with Crippen LogP contribution in [0.5, 0.6) is 0 Å². The molecule has 1 heterocycles. The molecule has 0 amide bonds. The number of esters is 1. The van der Waals surface area contributed by atoms with Crippen LogP contribution in [0.1, 0.15) is 49.0 Å². The Bertz CT molecular complexity index is 904. The van der Waals surface area contributed by atoms with Crippen LogP contribution in [0.2, 0.25) is 0 Å². The SMILES string of the molecule is O=C(CC(=O)c1cc2c(o1)C(=O)c1ccccc1C2=O)OC[C@H](O)[C@@H](O)CO. The van der Waals surface area contributed by atoms with E-state index in [4.69, 9.17) is 9.52 Å². The summed E-state index contributed by atoms with van der Waals surface area (Å²) in [5.41, 5.74) is 0.321. The molecule has 0 saturated carbocycles. The molecule has 0 radical (unpaired) electrons. The molecule has 146 valence electrons. The van der Waals surface area contributed by atoms with Crippen LogP contribution in [0.4, 0.5) is 0 Å². The molecule has 28 heavy (non-hydrogen) atoms. The van der Waals surface area contributed by atoms with Crippen LogP contribution in [-0.2, 0) is 9.53 Å². The van der Waals surface area contributed by atoms with Gasteiger partial charge in [-0.2, -0.15) is 0 Å². The number of hydrogen-bond donors (Lipinski definition) is 3. The van der Waals surface area contributed by atoms with E-state index in [0.29, 0.717) is 0 Å². The van der Waals surface area contributed by atoms with Crippen molar-refractivity contribution in [1.82, 2.24) is 0 Å². The lowest BCUT2D eigenvalue weighted by Gasteiger charge is -2.15. The molecule has 0 unspecified atom stereocenters. The summed E-state index contributed by atoms with van der Waals surface area (Å²) in [6, 6.07) is 7.30. The molecule has 1 aromatic carbocycles. The van der Waals surface area contributed by atoms with Gasteiger partial charge < -0.3 is 24.5 Å². The van der Waals surface area contributed by atoms with Gasteiger partial charge in [-0.1, -0.05) is 24.3 Å². The molecule has 0 fully saturated rings. The maximum Gasteiger partial charge on any atom is 0.313 e. The van der Waals surface area contributed by atoms with Gasteiger partial charge in [-0.25, -0.2) is 0 Å². The largest absolute Gasteiger partial charge is 0.462 e. The van der Waals surface area contributed by atoms with Gasteiger partial charge >= 0.3 is 5.97 Å². The Morgan fingerprint density at radius 1 is 1.00 bits per heavy atom. The molecular weight excluding hydrogens is 372 g/mol. The Kier molecular flexibility index (Phi) is 5.50. The normalized spacial score (nSPS) is 14.8. The van der Waals surface area contributed by atoms with Gasteiger partial charge in [0.1, 0.15) is 25.2 Å². The predicted molar refractivity (Wildman–Crippen MR) is 91.0 cm³/mol. The fourth-order valence-corrected chi connectivity index (χ4v) is 2.69. The summed E-state index contributed by atoms with van der Waals surface area (Å²) in [5.74, 6) is -3.43. The van der Waals surface area contributed by atoms with E-state index in [9.17, 15) is 29.4 Å². The highest BCUT2D eigenvalue weighted by Gasteiger charge is 2.34. The lowest BCUT2D eigenvalue weighted by molar-refractivity contribution is -0.148. The molecule has 2 atom stereocenters. The molecule has 2 aromatic rings. The van der Waals surface area contributed by atoms with Gasteiger partial charge in [-0.3, -0.25) is 19.2 Å². The van der Waals surface area contributed by atoms with Crippen LogP contribution in [0.3, 0.4) is 0 Å². The molecule has 1 aliphatic carbocycles. The molecule has 3 rings (SSSR count). The lowest BCUT2D eigenvalue weighted by Crippen LogP contribution is -2.34. The lowest BCUT2D eigenvalue weighted by atomic mass is 9.88. The van der Waals surface area contributed by atoms with E-state index in [1.54, 1.807) is 12.1 Å². The first kappa shape index (κ1) is 19.6. The maximum atomic E-state index is 12.5. The van der Waals surface area contributed by atoms with E-state index in [-0.39, 0.29) is 28.2 Å². The Labute approximate surface area is 158 Å². The summed E-state index contributed by atoms with van der Waals surface area (Å²) in [4.78, 5) is 48.9. The first-order valence-electron chi connectivity index (χ1n) is 8.31. The molecule has 9 nitrogen and oxygen atoms in total. The Hall–Kier alpha value is -3.14. The minimum Gasteiger partial charge on any atom is -0.462 e. The zero-order valence-corrected chi connectivity index (χ0v) is 14.5. The third kappa shape index (κ3) is 3.63. The number of fused-ring (bicyclic) bond motifs is 2. The first-order valence-corrected chi connectivity index (χ1v) is 8.31. The smallest absolute Gasteiger partial charge is 0.313 e. The maximum absolute atomic E-state index is 12.5. The molecule has 0 saturated heterocycles. The number of ketones is 3. The van der Waals surface area contributed by atoms with Crippen LogP contribution in [0, 0.1) is 0 Å². The van der Waals surface area contributed by atoms with Crippen LogP contribution < -0.4 is 0 Å². The molecular formula is C19H16O9. The summed E-state index contributed by atoms with van der Waals surface area (Å²) in [6.45, 7) is -1.34. The monoisotopic (exact) mass is 388 g/mol. The second-order valence-electron chi connectivity index (χ2n) is 6.16. The van der Waals surface area contributed by atoms with E-state index >= 15 is 0 Å². The molecule has 1 aliphatic rings. The van der Waals surface area contributed by atoms with Crippen molar-refractivity contribution >= 4 is 23.3 Å². The van der Waals surface area contributed by atoms with Gasteiger partial charge in [0.15, 0.2) is 17.3 Å². The summed E-state index contributed by atoms with van der Waals surface area (Å²) in [6.07, 6.45) is -3.75. The number of benzene rings is 1. The van der Waals surface area contributed by atoms with Crippen LogP contribution in [0.15, 0.2) is 34.7 Å². The van der Waals surface area contributed by atoms with Gasteiger partial charge in [0.05, 0.1) is 12.2 Å². The van der Waals surface area contributed by atoms with Crippen molar-refractivity contribution in [3.05, 3.63) is 58.5 Å². The van der Waals surface area contributed by atoms with Crippen LogP contribution in [-0.4, -0.2) is 64.1 Å². The minimum absolute atomic E-state index is 0.0538. The van der Waals surface area contributed by atoms with Crippen molar-refractivity contribution in [2.24, 2.45) is 0 Å². The van der Waals surface area contributed by atoms with E-state index in [2.05, 4.69) is 4.74 Å². The average molecular weight is 388 g/mol. The Morgan fingerprint density at radius 2 is 1.64 bits per heavy atom. The predicted octanol–water partition coefficient (Wildman–Crippen LogP) is -0.115. The van der Waals surface area contributed by atoms with Crippen molar-refractivity contribution in [3.8, 4) is 0 Å². The van der Waals surface area contributed by atoms with Gasteiger partial charge in [-0.15, -0.1) is 0 Å². The van der Waals surface area contributed by atoms with Gasteiger partial charge in [0.25, 0.3) is 0 Å². The number of Topliss-reactive ketones (excluding diaryl/α,β-unsaturated/α-hetero) is 1. The summed E-state index contributed by atoms with van der Waals surface area (Å²) < 4.78 is 9.90. The van der Waals surface area contributed by atoms with Crippen molar-refractivity contribution in [2.75, 3.05) is 13.2 Å². The Morgan fingerprint density at radius 3 is 2.29 bits per heavy atom. The number of carbonyl (C=O) groups excluding carboxylic acids is 4. The molecule has 3 N–H and O–H groups in total. The summed E-state index contributed by atoms with van der Waals surface area (Å²) >= 11 is 0. The van der Waals surface area contributed by atoms with Crippen molar-refractivity contribution in [2.45, 2.75) is 18.6 Å². The fraction of sp³-hybridized carbons (Fsp3) is 0.263. The second kappa shape index (κ2) is 7.85. The van der Waals surface area contributed by atoms with E-state index in [1.807, 2.05) is 0 Å². The van der Waals surface area contributed by atoms with Crippen molar-refractivity contribution < 1.29 is 43.7 Å². The topological polar surface area (TPSA) is 151 Å². The number of carbonyl (C=O) groups is 4. The van der Waals surface area contributed by atoms with Crippen LogP contribution in [0.25, 0.3) is 0 Å². The molecule has 1 aromatic heterocycles. The third-order valence-electron chi connectivity index (χ3n) is 4.23. The number of ether oxygens (including phenoxy) is 1. The van der Waals surface area contributed by atoms with Crippen LogP contribution >= 0.6 is 0 Å². The average Bonchev–Trinajstić information content (AvgIpc) is 3.15. The fourth-order valence-electron chi connectivity index (χ4n) is 2.69. The van der Waals surface area contributed by atoms with Gasteiger partial charge in [0, 0.05) is 11.1 Å². The number of aliphatic hydroxyl groups is 3. The third-order valence-corrected chi connectivity index (χ3v) is 4.23. The highest BCUT2D eigenvalue weighted by molar-refractivity contribution is 6.28. The molecule has 0 aliphatic heterocycles. The highest BCUT2D eigenvalue weighted by atomic mass is 16.5.